The van der Waals surface area contributed by atoms with E-state index in [4.69, 9.17) is 11.6 Å². The van der Waals surface area contributed by atoms with Gasteiger partial charge in [-0.05, 0) is 30.0 Å². The smallest absolute Gasteiger partial charge is 0.0561 e. The van der Waals surface area contributed by atoms with Gasteiger partial charge in [0, 0.05) is 11.9 Å². The van der Waals surface area contributed by atoms with E-state index in [9.17, 15) is 0 Å². The number of halogens is 1. The van der Waals surface area contributed by atoms with Gasteiger partial charge in [0.1, 0.15) is 0 Å². The number of hydrogen-bond donors (Lipinski definition) is 1. The first-order valence-electron chi connectivity index (χ1n) is 4.32. The van der Waals surface area contributed by atoms with Crippen LogP contribution in [0.25, 0.3) is 6.08 Å². The number of aromatic amines is 1. The van der Waals surface area contributed by atoms with Gasteiger partial charge in [0.05, 0.1) is 5.38 Å². The average Bonchev–Trinajstić information content (AvgIpc) is 2.46. The summed E-state index contributed by atoms with van der Waals surface area (Å²) in [5.41, 5.74) is 4.05. The summed E-state index contributed by atoms with van der Waals surface area (Å²) in [7, 11) is 0. The Kier molecular flexibility index (Phi) is 1.97. The van der Waals surface area contributed by atoms with Crippen molar-refractivity contribution in [1.82, 2.24) is 4.98 Å². The normalized spacial score (nSPS) is 21.0. The zero-order chi connectivity index (χ0) is 8.55. The molecule has 0 spiro atoms. The summed E-state index contributed by atoms with van der Waals surface area (Å²) in [6.45, 7) is 2.17. The molecule has 0 aromatic carbocycles. The van der Waals surface area contributed by atoms with Crippen LogP contribution in [0.1, 0.15) is 23.7 Å². The molecule has 0 amide bonds. The third-order valence-electron chi connectivity index (χ3n) is 2.37. The largest absolute Gasteiger partial charge is 0.361 e. The van der Waals surface area contributed by atoms with Crippen molar-refractivity contribution < 1.29 is 0 Å². The second kappa shape index (κ2) is 2.98. The van der Waals surface area contributed by atoms with E-state index in [1.54, 1.807) is 0 Å². The van der Waals surface area contributed by atoms with E-state index in [0.717, 1.165) is 12.8 Å². The monoisotopic (exact) mass is 181 g/mol. The molecule has 1 N–H and O–H groups in total. The van der Waals surface area contributed by atoms with Gasteiger partial charge < -0.3 is 4.98 Å². The minimum atomic E-state index is 0.179. The van der Waals surface area contributed by atoms with Crippen LogP contribution >= 0.6 is 11.6 Å². The summed E-state index contributed by atoms with van der Waals surface area (Å²) in [6.07, 6.45) is 8.27. The van der Waals surface area contributed by atoms with E-state index in [1.165, 1.54) is 16.8 Å². The summed E-state index contributed by atoms with van der Waals surface area (Å²) in [5, 5.41) is 0.179. The van der Waals surface area contributed by atoms with Gasteiger partial charge in [0.25, 0.3) is 0 Å². The highest BCUT2D eigenvalue weighted by Gasteiger charge is 2.15. The summed E-state index contributed by atoms with van der Waals surface area (Å²) in [6, 6.07) is 0. The fourth-order valence-electron chi connectivity index (χ4n) is 1.68. The molecule has 1 aromatic rings. The molecule has 0 aliphatic heterocycles. The van der Waals surface area contributed by atoms with E-state index in [-0.39, 0.29) is 5.38 Å². The Morgan fingerprint density at radius 1 is 1.67 bits per heavy atom. The van der Waals surface area contributed by atoms with Crippen molar-refractivity contribution in [2.24, 2.45) is 0 Å². The number of aromatic nitrogens is 1. The molecule has 0 saturated carbocycles. The quantitative estimate of drug-likeness (QED) is 0.642. The average molecular weight is 182 g/mol. The Bertz CT molecular complexity index is 312. The topological polar surface area (TPSA) is 15.8 Å². The number of nitrogens with one attached hydrogen (secondary N) is 1. The summed E-state index contributed by atoms with van der Waals surface area (Å²) >= 11 is 6.03. The first-order valence-corrected chi connectivity index (χ1v) is 4.76. The Balaban J connectivity index is 2.43. The molecule has 2 rings (SSSR count). The number of allylic oxidation sites excluding steroid dienone is 1. The lowest BCUT2D eigenvalue weighted by molar-refractivity contribution is 0.963. The molecular weight excluding hydrogens is 170 g/mol. The molecule has 1 unspecified atom stereocenters. The van der Waals surface area contributed by atoms with Gasteiger partial charge in [-0.25, -0.2) is 0 Å². The second-order valence-electron chi connectivity index (χ2n) is 3.14. The van der Waals surface area contributed by atoms with Gasteiger partial charge in [-0.3, -0.25) is 0 Å². The van der Waals surface area contributed by atoms with Gasteiger partial charge >= 0.3 is 0 Å². The molecule has 1 aliphatic rings. The number of hydrogen-bond acceptors (Lipinski definition) is 0. The standard InChI is InChI=1S/C10H12ClN/c1-2-7-6-12-10-4-3-8(11)5-9(7)10/h3-4,6,8,12H,2,5H2,1H3. The van der Waals surface area contributed by atoms with E-state index in [2.05, 4.69) is 24.2 Å². The summed E-state index contributed by atoms with van der Waals surface area (Å²) in [4.78, 5) is 3.25. The number of rotatable bonds is 1. The predicted molar refractivity (Wildman–Crippen MR) is 52.5 cm³/mol. The third-order valence-corrected chi connectivity index (χ3v) is 2.67. The van der Waals surface area contributed by atoms with Crippen molar-refractivity contribution in [3.05, 3.63) is 29.1 Å². The van der Waals surface area contributed by atoms with Crippen molar-refractivity contribution in [1.29, 1.82) is 0 Å². The number of alkyl halides is 1. The van der Waals surface area contributed by atoms with Crippen molar-refractivity contribution in [3.8, 4) is 0 Å². The van der Waals surface area contributed by atoms with Crippen molar-refractivity contribution in [2.75, 3.05) is 0 Å². The first kappa shape index (κ1) is 7.93. The minimum Gasteiger partial charge on any atom is -0.361 e. The molecule has 1 heterocycles. The van der Waals surface area contributed by atoms with Crippen molar-refractivity contribution in [3.63, 3.8) is 0 Å². The fourth-order valence-corrected chi connectivity index (χ4v) is 1.91. The third kappa shape index (κ3) is 1.18. The van der Waals surface area contributed by atoms with Crippen molar-refractivity contribution >= 4 is 17.7 Å². The van der Waals surface area contributed by atoms with Crippen LogP contribution in [0.5, 0.6) is 0 Å². The Labute approximate surface area is 77.4 Å². The predicted octanol–water partition coefficient (Wildman–Crippen LogP) is 2.75. The van der Waals surface area contributed by atoms with Gasteiger partial charge in [-0.1, -0.05) is 13.0 Å². The minimum absolute atomic E-state index is 0.179. The van der Waals surface area contributed by atoms with Crippen LogP contribution in [0, 0.1) is 0 Å². The van der Waals surface area contributed by atoms with Crippen LogP contribution in [0.15, 0.2) is 12.3 Å². The van der Waals surface area contributed by atoms with Gasteiger partial charge in [-0.2, -0.15) is 0 Å². The first-order chi connectivity index (χ1) is 5.81. The highest BCUT2D eigenvalue weighted by Crippen LogP contribution is 2.24. The number of fused-ring (bicyclic) bond motifs is 1. The molecule has 1 aromatic heterocycles. The molecule has 0 fully saturated rings. The number of aryl methyl sites for hydroxylation is 1. The summed E-state index contributed by atoms with van der Waals surface area (Å²) < 4.78 is 0. The molecule has 2 heteroatoms. The van der Waals surface area contributed by atoms with Gasteiger partial charge in [0.15, 0.2) is 0 Å². The Morgan fingerprint density at radius 2 is 2.50 bits per heavy atom. The molecule has 1 atom stereocenters. The molecule has 0 radical (unpaired) electrons. The fraction of sp³-hybridized carbons (Fsp3) is 0.400. The molecule has 12 heavy (non-hydrogen) atoms. The second-order valence-corrected chi connectivity index (χ2v) is 3.70. The molecule has 1 nitrogen and oxygen atoms in total. The maximum atomic E-state index is 6.03. The molecule has 0 saturated heterocycles. The molecular formula is C10H12ClN. The van der Waals surface area contributed by atoms with Crippen molar-refractivity contribution in [2.45, 2.75) is 25.1 Å². The highest BCUT2D eigenvalue weighted by atomic mass is 35.5. The highest BCUT2D eigenvalue weighted by molar-refractivity contribution is 6.22. The van der Waals surface area contributed by atoms with Crippen LogP contribution in [0.4, 0.5) is 0 Å². The van der Waals surface area contributed by atoms with E-state index in [0.29, 0.717) is 0 Å². The van der Waals surface area contributed by atoms with Gasteiger partial charge in [0.2, 0.25) is 0 Å². The maximum absolute atomic E-state index is 6.03. The lowest BCUT2D eigenvalue weighted by atomic mass is 9.99. The lowest BCUT2D eigenvalue weighted by Gasteiger charge is -2.11. The van der Waals surface area contributed by atoms with Crippen LogP contribution in [0.2, 0.25) is 0 Å². The molecule has 64 valence electrons. The summed E-state index contributed by atoms with van der Waals surface area (Å²) in [5.74, 6) is 0. The molecule has 1 aliphatic carbocycles. The molecule has 0 bridgehead atoms. The zero-order valence-corrected chi connectivity index (χ0v) is 7.86. The van der Waals surface area contributed by atoms with Crippen LogP contribution in [0.3, 0.4) is 0 Å². The maximum Gasteiger partial charge on any atom is 0.0561 e. The zero-order valence-electron chi connectivity index (χ0n) is 7.10. The van der Waals surface area contributed by atoms with Crippen LogP contribution in [-0.4, -0.2) is 10.4 Å². The van der Waals surface area contributed by atoms with E-state index in [1.807, 2.05) is 6.08 Å². The van der Waals surface area contributed by atoms with Crippen LogP contribution in [-0.2, 0) is 12.8 Å². The SMILES string of the molecule is CCc1c[nH]c2c1CC(Cl)C=C2. The van der Waals surface area contributed by atoms with Crippen LogP contribution < -0.4 is 0 Å². The number of H-pyrrole nitrogens is 1. The Hall–Kier alpha value is -0.690. The van der Waals surface area contributed by atoms with E-state index < -0.39 is 0 Å². The Morgan fingerprint density at radius 3 is 3.25 bits per heavy atom. The van der Waals surface area contributed by atoms with E-state index >= 15 is 0 Å². The van der Waals surface area contributed by atoms with Gasteiger partial charge in [-0.15, -0.1) is 11.6 Å². The lowest BCUT2D eigenvalue weighted by Crippen LogP contribution is -2.06.